The minimum absolute atomic E-state index is 0.0516. The molecule has 7 nitrogen and oxygen atoms in total. The fourth-order valence-electron chi connectivity index (χ4n) is 3.09. The van der Waals surface area contributed by atoms with Gasteiger partial charge >= 0.3 is 0 Å². The molecule has 8 heteroatoms. The Hall–Kier alpha value is -1.48. The molecule has 0 aromatic heterocycles. The van der Waals surface area contributed by atoms with Gasteiger partial charge < -0.3 is 11.1 Å². The Morgan fingerprint density at radius 1 is 1.32 bits per heavy atom. The van der Waals surface area contributed by atoms with Crippen LogP contribution in [-0.4, -0.2) is 44.9 Å². The topological polar surface area (TPSA) is 119 Å². The Morgan fingerprint density at radius 2 is 1.92 bits per heavy atom. The second kappa shape index (κ2) is 7.41. The van der Waals surface area contributed by atoms with E-state index in [-0.39, 0.29) is 28.3 Å². The largest absolute Gasteiger partial charge is 0.348 e. The number of rotatable bonds is 6. The van der Waals surface area contributed by atoms with E-state index >= 15 is 0 Å². The monoisotopic (exact) mass is 368 g/mol. The number of benzene rings is 1. The molecule has 0 spiro atoms. The molecule has 1 fully saturated rings. The number of primary sulfonamides is 1. The Labute approximate surface area is 149 Å². The molecule has 0 radical (unpaired) electrons. The van der Waals surface area contributed by atoms with Crippen LogP contribution in [0, 0.1) is 5.41 Å². The van der Waals surface area contributed by atoms with Crippen LogP contribution in [0.1, 0.15) is 38.8 Å². The van der Waals surface area contributed by atoms with Crippen molar-refractivity contribution in [3.8, 4) is 0 Å². The van der Waals surface area contributed by atoms with Crippen LogP contribution in [0.4, 0.5) is 0 Å². The summed E-state index contributed by atoms with van der Waals surface area (Å²) in [5, 5.41) is 8.08. The smallest absolute Gasteiger partial charge is 0.238 e. The SMILES string of the molecule is CC(NC(=O)C(C)N1CCC(C)(CN)C1)c1ccc(S(N)(=O)=O)cc1. The van der Waals surface area contributed by atoms with E-state index in [1.807, 2.05) is 13.8 Å². The average Bonchev–Trinajstić information content (AvgIpc) is 2.96. The van der Waals surface area contributed by atoms with Gasteiger partial charge in [0.1, 0.15) is 0 Å². The number of nitrogens with zero attached hydrogens (tertiary/aromatic N) is 1. The standard InChI is InChI=1S/C17H28N4O3S/c1-12(14-4-6-15(7-5-14)25(19,23)24)20-16(22)13(2)21-9-8-17(3,10-18)11-21/h4-7,12-13H,8-11,18H2,1-3H3,(H,20,22)(H2,19,23,24). The summed E-state index contributed by atoms with van der Waals surface area (Å²) >= 11 is 0. The lowest BCUT2D eigenvalue weighted by atomic mass is 9.90. The van der Waals surface area contributed by atoms with Gasteiger partial charge in [0.05, 0.1) is 17.0 Å². The maximum absolute atomic E-state index is 12.5. The Morgan fingerprint density at radius 3 is 2.40 bits per heavy atom. The quantitative estimate of drug-likeness (QED) is 0.678. The molecule has 1 heterocycles. The lowest BCUT2D eigenvalue weighted by molar-refractivity contribution is -0.126. The van der Waals surface area contributed by atoms with E-state index < -0.39 is 10.0 Å². The summed E-state index contributed by atoms with van der Waals surface area (Å²) in [5.41, 5.74) is 6.72. The number of nitrogens with two attached hydrogens (primary N) is 2. The first-order valence-corrected chi connectivity index (χ1v) is 9.98. The van der Waals surface area contributed by atoms with Gasteiger partial charge in [-0.1, -0.05) is 19.1 Å². The maximum atomic E-state index is 12.5. The summed E-state index contributed by atoms with van der Waals surface area (Å²) in [7, 11) is -3.71. The van der Waals surface area contributed by atoms with Gasteiger partial charge in [0.15, 0.2) is 0 Å². The Kier molecular flexibility index (Phi) is 5.88. The van der Waals surface area contributed by atoms with Crippen LogP contribution in [0.25, 0.3) is 0 Å². The number of sulfonamides is 1. The third kappa shape index (κ3) is 4.78. The van der Waals surface area contributed by atoms with Gasteiger partial charge in [-0.15, -0.1) is 0 Å². The molecular weight excluding hydrogens is 340 g/mol. The fraction of sp³-hybridized carbons (Fsp3) is 0.588. The zero-order chi connectivity index (χ0) is 18.8. The Balaban J connectivity index is 1.98. The highest BCUT2D eigenvalue weighted by Crippen LogP contribution is 2.29. The number of carbonyl (C=O) groups is 1. The van der Waals surface area contributed by atoms with E-state index in [0.717, 1.165) is 25.1 Å². The van der Waals surface area contributed by atoms with E-state index in [0.29, 0.717) is 6.54 Å². The van der Waals surface area contributed by atoms with Crippen molar-refractivity contribution >= 4 is 15.9 Å². The molecule has 1 aliphatic heterocycles. The summed E-state index contributed by atoms with van der Waals surface area (Å²) in [4.78, 5) is 14.7. The molecule has 3 atom stereocenters. The number of hydrogen-bond acceptors (Lipinski definition) is 5. The highest BCUT2D eigenvalue weighted by Gasteiger charge is 2.36. The fourth-order valence-corrected chi connectivity index (χ4v) is 3.60. The molecule has 3 unspecified atom stereocenters. The number of hydrogen-bond donors (Lipinski definition) is 3. The summed E-state index contributed by atoms with van der Waals surface area (Å²) in [6, 6.07) is 5.76. The van der Waals surface area contributed by atoms with Crippen molar-refractivity contribution in [3.63, 3.8) is 0 Å². The summed E-state index contributed by atoms with van der Waals surface area (Å²) < 4.78 is 22.6. The van der Waals surface area contributed by atoms with E-state index in [1.54, 1.807) is 12.1 Å². The van der Waals surface area contributed by atoms with Crippen LogP contribution in [0.5, 0.6) is 0 Å². The van der Waals surface area contributed by atoms with Crippen molar-refractivity contribution in [1.82, 2.24) is 10.2 Å². The molecular formula is C17H28N4O3S. The van der Waals surface area contributed by atoms with Gasteiger partial charge in [0.25, 0.3) is 0 Å². The molecule has 1 aliphatic rings. The zero-order valence-electron chi connectivity index (χ0n) is 15.0. The first-order valence-electron chi connectivity index (χ1n) is 8.43. The van der Waals surface area contributed by atoms with E-state index in [2.05, 4.69) is 17.1 Å². The number of likely N-dealkylation sites (tertiary alicyclic amines) is 1. The van der Waals surface area contributed by atoms with Crippen LogP contribution >= 0.6 is 0 Å². The van der Waals surface area contributed by atoms with Crippen LogP contribution in [0.3, 0.4) is 0 Å². The average molecular weight is 369 g/mol. The van der Waals surface area contributed by atoms with Crippen LogP contribution in [0.2, 0.25) is 0 Å². The van der Waals surface area contributed by atoms with E-state index in [9.17, 15) is 13.2 Å². The lowest BCUT2D eigenvalue weighted by Crippen LogP contribution is -2.45. The van der Waals surface area contributed by atoms with Crippen LogP contribution in [-0.2, 0) is 14.8 Å². The molecule has 5 N–H and O–H groups in total. The molecule has 140 valence electrons. The molecule has 2 rings (SSSR count). The number of amides is 1. The van der Waals surface area contributed by atoms with Gasteiger partial charge in [0, 0.05) is 6.54 Å². The van der Waals surface area contributed by atoms with Crippen molar-refractivity contribution < 1.29 is 13.2 Å². The first-order chi connectivity index (χ1) is 11.6. The van der Waals surface area contributed by atoms with Crippen LogP contribution in [0.15, 0.2) is 29.2 Å². The maximum Gasteiger partial charge on any atom is 0.238 e. The third-order valence-corrected chi connectivity index (χ3v) is 6.00. The summed E-state index contributed by atoms with van der Waals surface area (Å²) in [6.45, 7) is 8.20. The van der Waals surface area contributed by atoms with Crippen molar-refractivity contribution in [2.24, 2.45) is 16.3 Å². The molecule has 25 heavy (non-hydrogen) atoms. The molecule has 0 aliphatic carbocycles. The molecule has 1 saturated heterocycles. The Bertz CT molecular complexity index is 720. The minimum atomic E-state index is -3.71. The highest BCUT2D eigenvalue weighted by molar-refractivity contribution is 7.89. The number of carbonyl (C=O) groups excluding carboxylic acids is 1. The van der Waals surface area contributed by atoms with Crippen molar-refractivity contribution in [3.05, 3.63) is 29.8 Å². The van der Waals surface area contributed by atoms with Gasteiger partial charge in [0.2, 0.25) is 15.9 Å². The third-order valence-electron chi connectivity index (χ3n) is 5.07. The van der Waals surface area contributed by atoms with Gasteiger partial charge in [-0.05, 0) is 56.5 Å². The predicted octanol–water partition coefficient (Wildman–Crippen LogP) is 0.570. The lowest BCUT2D eigenvalue weighted by Gasteiger charge is -2.27. The van der Waals surface area contributed by atoms with E-state index in [4.69, 9.17) is 10.9 Å². The van der Waals surface area contributed by atoms with Crippen molar-refractivity contribution in [2.75, 3.05) is 19.6 Å². The van der Waals surface area contributed by atoms with Gasteiger partial charge in [-0.2, -0.15) is 0 Å². The first kappa shape index (κ1) is 19.8. The second-order valence-corrected chi connectivity index (χ2v) is 8.82. The highest BCUT2D eigenvalue weighted by atomic mass is 32.2. The molecule has 0 saturated carbocycles. The van der Waals surface area contributed by atoms with Gasteiger partial charge in [-0.25, -0.2) is 13.6 Å². The summed E-state index contributed by atoms with van der Waals surface area (Å²) in [6.07, 6.45) is 0.992. The minimum Gasteiger partial charge on any atom is -0.348 e. The van der Waals surface area contributed by atoms with Crippen molar-refractivity contribution in [2.45, 2.75) is 44.2 Å². The number of nitrogens with one attached hydrogen (secondary N) is 1. The van der Waals surface area contributed by atoms with Crippen molar-refractivity contribution in [1.29, 1.82) is 0 Å². The second-order valence-electron chi connectivity index (χ2n) is 7.26. The molecule has 1 aromatic carbocycles. The molecule has 0 bridgehead atoms. The molecule has 1 aromatic rings. The summed E-state index contributed by atoms with van der Waals surface area (Å²) in [5.74, 6) is -0.0516. The van der Waals surface area contributed by atoms with E-state index in [1.165, 1.54) is 12.1 Å². The normalized spacial score (nSPS) is 24.0. The van der Waals surface area contributed by atoms with Crippen LogP contribution < -0.4 is 16.2 Å². The van der Waals surface area contributed by atoms with Gasteiger partial charge in [-0.3, -0.25) is 9.69 Å². The molecule has 1 amide bonds. The zero-order valence-corrected chi connectivity index (χ0v) is 15.8. The predicted molar refractivity (Wildman–Crippen MR) is 97.2 cm³/mol.